The van der Waals surface area contributed by atoms with Crippen molar-refractivity contribution < 1.29 is 23.5 Å². The van der Waals surface area contributed by atoms with Gasteiger partial charge in [0.15, 0.2) is 0 Å². The number of carbonyl (C=O) groups excluding carboxylic acids is 3. The third kappa shape index (κ3) is 4.15. The molecule has 0 aliphatic rings. The van der Waals surface area contributed by atoms with E-state index in [-0.39, 0.29) is 29.0 Å². The van der Waals surface area contributed by atoms with E-state index in [2.05, 4.69) is 10.3 Å². The zero-order chi connectivity index (χ0) is 21.8. The fourth-order valence-corrected chi connectivity index (χ4v) is 3.13. The van der Waals surface area contributed by atoms with Gasteiger partial charge in [-0.3, -0.25) is 9.59 Å². The largest absolute Gasteiger partial charge is 0.462 e. The topological polar surface area (TPSA) is 88.3 Å². The summed E-state index contributed by atoms with van der Waals surface area (Å²) in [6.45, 7) is 5.21. The van der Waals surface area contributed by atoms with Crippen molar-refractivity contribution in [3.8, 4) is 11.1 Å². The van der Waals surface area contributed by atoms with Crippen LogP contribution in [0.4, 0.5) is 10.1 Å². The van der Waals surface area contributed by atoms with Crippen LogP contribution >= 0.6 is 0 Å². The van der Waals surface area contributed by atoms with Gasteiger partial charge in [-0.25, -0.2) is 9.18 Å². The molecule has 1 amide bonds. The summed E-state index contributed by atoms with van der Waals surface area (Å²) in [4.78, 5) is 40.8. The molecular weight excluding hydrogens is 387 g/mol. The number of hydrogen-bond acceptors (Lipinski definition) is 4. The van der Waals surface area contributed by atoms with Gasteiger partial charge in [0.25, 0.3) is 11.7 Å². The number of ether oxygens (including phenoxy) is 1. The second-order valence-electron chi connectivity index (χ2n) is 6.72. The normalized spacial score (nSPS) is 10.5. The van der Waals surface area contributed by atoms with E-state index in [0.29, 0.717) is 11.4 Å². The van der Waals surface area contributed by atoms with Crippen LogP contribution in [0.25, 0.3) is 11.1 Å². The first-order valence-electron chi connectivity index (χ1n) is 9.40. The number of amides is 1. The van der Waals surface area contributed by atoms with Gasteiger partial charge in [-0.1, -0.05) is 35.9 Å². The minimum Gasteiger partial charge on any atom is -0.462 e. The van der Waals surface area contributed by atoms with Crippen LogP contribution in [0.1, 0.15) is 39.0 Å². The molecular formula is C23H21FN2O4. The van der Waals surface area contributed by atoms with E-state index in [1.54, 1.807) is 44.2 Å². The summed E-state index contributed by atoms with van der Waals surface area (Å²) in [7, 11) is 0. The maximum Gasteiger partial charge on any atom is 0.340 e. The van der Waals surface area contributed by atoms with Gasteiger partial charge in [0.05, 0.1) is 12.2 Å². The lowest BCUT2D eigenvalue weighted by Crippen LogP contribution is -2.24. The highest BCUT2D eigenvalue weighted by Gasteiger charge is 2.31. The molecule has 0 radical (unpaired) electrons. The fourth-order valence-electron chi connectivity index (χ4n) is 3.13. The second kappa shape index (κ2) is 8.73. The Labute approximate surface area is 173 Å². The molecule has 0 spiro atoms. The van der Waals surface area contributed by atoms with Gasteiger partial charge in [0.2, 0.25) is 0 Å². The predicted octanol–water partition coefficient (Wildman–Crippen LogP) is 4.44. The van der Waals surface area contributed by atoms with Gasteiger partial charge >= 0.3 is 5.97 Å². The van der Waals surface area contributed by atoms with Gasteiger partial charge in [-0.15, -0.1) is 0 Å². The third-order valence-corrected chi connectivity index (χ3v) is 4.55. The minimum atomic E-state index is -0.924. The van der Waals surface area contributed by atoms with E-state index >= 15 is 0 Å². The number of hydrogen-bond donors (Lipinski definition) is 2. The standard InChI is InChI=1S/C23H21FN2O4/c1-4-30-23(29)18-14(3)25-20(19(18)16-7-5-6-8-17(16)24)21(27)22(28)26-15-11-9-13(2)10-12-15/h5-12,25H,4H2,1-3H3,(H,26,28). The number of aryl methyl sites for hydroxylation is 2. The summed E-state index contributed by atoms with van der Waals surface area (Å²) in [5.41, 5.74) is 1.63. The summed E-state index contributed by atoms with van der Waals surface area (Å²) in [5, 5.41) is 2.53. The van der Waals surface area contributed by atoms with Gasteiger partial charge < -0.3 is 15.0 Å². The average molecular weight is 408 g/mol. The molecule has 0 atom stereocenters. The Kier molecular flexibility index (Phi) is 6.11. The van der Waals surface area contributed by atoms with Crippen molar-refractivity contribution in [2.45, 2.75) is 20.8 Å². The lowest BCUT2D eigenvalue weighted by Gasteiger charge is -2.09. The molecule has 2 N–H and O–H groups in total. The molecule has 1 aromatic heterocycles. The van der Waals surface area contributed by atoms with Crippen molar-refractivity contribution in [1.29, 1.82) is 0 Å². The smallest absolute Gasteiger partial charge is 0.340 e. The number of Topliss-reactive ketones (excluding diaryl/α,β-unsaturated/α-hetero) is 1. The molecule has 0 saturated heterocycles. The highest BCUT2D eigenvalue weighted by molar-refractivity contribution is 6.47. The number of benzene rings is 2. The van der Waals surface area contributed by atoms with E-state index < -0.39 is 23.5 Å². The van der Waals surface area contributed by atoms with Gasteiger partial charge in [0.1, 0.15) is 11.5 Å². The summed E-state index contributed by atoms with van der Waals surface area (Å²) < 4.78 is 19.6. The second-order valence-corrected chi connectivity index (χ2v) is 6.72. The molecule has 2 aromatic carbocycles. The lowest BCUT2D eigenvalue weighted by atomic mass is 9.97. The minimum absolute atomic E-state index is 0.00751. The monoisotopic (exact) mass is 408 g/mol. The Balaban J connectivity index is 2.07. The Morgan fingerprint density at radius 2 is 1.70 bits per heavy atom. The quantitative estimate of drug-likeness (QED) is 0.359. The average Bonchev–Trinajstić information content (AvgIpc) is 3.06. The van der Waals surface area contributed by atoms with Crippen LogP contribution in [0.2, 0.25) is 0 Å². The lowest BCUT2D eigenvalue weighted by molar-refractivity contribution is -0.112. The van der Waals surface area contributed by atoms with Crippen molar-refractivity contribution in [3.63, 3.8) is 0 Å². The SMILES string of the molecule is CCOC(=O)c1c(C)[nH]c(C(=O)C(=O)Nc2ccc(C)cc2)c1-c1ccccc1F. The predicted molar refractivity (Wildman–Crippen MR) is 111 cm³/mol. The van der Waals surface area contributed by atoms with Crippen LogP contribution in [-0.4, -0.2) is 29.3 Å². The molecule has 0 aliphatic carbocycles. The number of nitrogens with one attached hydrogen (secondary N) is 2. The van der Waals surface area contributed by atoms with E-state index in [4.69, 9.17) is 4.74 Å². The van der Waals surface area contributed by atoms with Crippen LogP contribution in [0.3, 0.4) is 0 Å². The molecule has 0 bridgehead atoms. The molecule has 30 heavy (non-hydrogen) atoms. The number of halogens is 1. The number of H-pyrrole nitrogens is 1. The van der Waals surface area contributed by atoms with Crippen LogP contribution in [0, 0.1) is 19.7 Å². The molecule has 1 heterocycles. The number of carbonyl (C=O) groups is 3. The number of esters is 1. The molecule has 0 unspecified atom stereocenters. The first kappa shape index (κ1) is 21.0. The zero-order valence-corrected chi connectivity index (χ0v) is 16.8. The Morgan fingerprint density at radius 3 is 2.33 bits per heavy atom. The maximum atomic E-state index is 14.6. The number of rotatable bonds is 6. The number of aromatic amines is 1. The number of ketones is 1. The van der Waals surface area contributed by atoms with Crippen molar-refractivity contribution in [1.82, 2.24) is 4.98 Å². The van der Waals surface area contributed by atoms with Crippen molar-refractivity contribution in [2.24, 2.45) is 0 Å². The van der Waals surface area contributed by atoms with Crippen LogP contribution in [0.5, 0.6) is 0 Å². The molecule has 7 heteroatoms. The van der Waals surface area contributed by atoms with Crippen molar-refractivity contribution in [2.75, 3.05) is 11.9 Å². The Morgan fingerprint density at radius 1 is 1.03 bits per heavy atom. The van der Waals surface area contributed by atoms with Gasteiger partial charge in [-0.2, -0.15) is 0 Å². The van der Waals surface area contributed by atoms with E-state index in [1.165, 1.54) is 18.2 Å². The highest BCUT2D eigenvalue weighted by atomic mass is 19.1. The van der Waals surface area contributed by atoms with Gasteiger partial charge in [0, 0.05) is 22.5 Å². The molecule has 154 valence electrons. The zero-order valence-electron chi connectivity index (χ0n) is 16.8. The van der Waals surface area contributed by atoms with E-state index in [1.807, 2.05) is 6.92 Å². The molecule has 0 aliphatic heterocycles. The van der Waals surface area contributed by atoms with Gasteiger partial charge in [-0.05, 0) is 39.0 Å². The summed E-state index contributed by atoms with van der Waals surface area (Å²) in [5.74, 6) is -3.17. The molecule has 6 nitrogen and oxygen atoms in total. The summed E-state index contributed by atoms with van der Waals surface area (Å²) in [6.07, 6.45) is 0. The molecule has 3 rings (SSSR count). The van der Waals surface area contributed by atoms with Crippen LogP contribution < -0.4 is 5.32 Å². The van der Waals surface area contributed by atoms with E-state index in [0.717, 1.165) is 5.56 Å². The Hall–Kier alpha value is -3.74. The summed E-state index contributed by atoms with van der Waals surface area (Å²) in [6, 6.07) is 12.7. The first-order chi connectivity index (χ1) is 14.3. The van der Waals surface area contributed by atoms with E-state index in [9.17, 15) is 18.8 Å². The van der Waals surface area contributed by atoms with Crippen LogP contribution in [0.15, 0.2) is 48.5 Å². The molecule has 3 aromatic rings. The third-order valence-electron chi connectivity index (χ3n) is 4.55. The fraction of sp³-hybridized carbons (Fsp3) is 0.174. The van der Waals surface area contributed by atoms with Crippen molar-refractivity contribution in [3.05, 3.63) is 76.9 Å². The maximum absolute atomic E-state index is 14.6. The number of aromatic nitrogens is 1. The highest BCUT2D eigenvalue weighted by Crippen LogP contribution is 2.33. The first-order valence-corrected chi connectivity index (χ1v) is 9.40. The van der Waals surface area contributed by atoms with Crippen LogP contribution in [-0.2, 0) is 9.53 Å². The molecule has 0 saturated carbocycles. The number of anilines is 1. The Bertz CT molecular complexity index is 1120. The summed E-state index contributed by atoms with van der Waals surface area (Å²) >= 11 is 0. The van der Waals surface area contributed by atoms with Crippen molar-refractivity contribution >= 4 is 23.3 Å². The molecule has 0 fully saturated rings.